The molecule has 5 heteroatoms. The maximum atomic E-state index is 10.0. The van der Waals surface area contributed by atoms with Gasteiger partial charge >= 0.3 is 0 Å². The molecule has 0 aliphatic carbocycles. The molecule has 94 valence electrons. The highest BCUT2D eigenvalue weighted by atomic mass is 35.5. The van der Waals surface area contributed by atoms with Gasteiger partial charge in [0.2, 0.25) is 0 Å². The van der Waals surface area contributed by atoms with E-state index in [1.165, 1.54) is 7.11 Å². The predicted octanol–water partition coefficient (Wildman–Crippen LogP) is 1.46. The Hall–Kier alpha value is -0.970. The number of hydrogen-bond donors (Lipinski definition) is 2. The summed E-state index contributed by atoms with van der Waals surface area (Å²) in [6.07, 6.45) is 0. The van der Waals surface area contributed by atoms with Crippen molar-refractivity contribution < 1.29 is 9.84 Å². The van der Waals surface area contributed by atoms with Gasteiger partial charge in [-0.3, -0.25) is 4.90 Å². The highest BCUT2D eigenvalue weighted by molar-refractivity contribution is 6.30. The maximum Gasteiger partial charge on any atom is 0.162 e. The van der Waals surface area contributed by atoms with E-state index < -0.39 is 0 Å². The van der Waals surface area contributed by atoms with E-state index in [2.05, 4.69) is 10.2 Å². The van der Waals surface area contributed by atoms with E-state index in [0.29, 0.717) is 23.4 Å². The average Bonchev–Trinajstić information content (AvgIpc) is 2.20. The zero-order chi connectivity index (χ0) is 12.4. The number of halogens is 1. The molecule has 1 aliphatic rings. The van der Waals surface area contributed by atoms with E-state index in [-0.39, 0.29) is 5.75 Å². The number of hydrogen-bond acceptors (Lipinski definition) is 4. The molecule has 0 radical (unpaired) electrons. The highest BCUT2D eigenvalue weighted by Gasteiger charge is 2.22. The summed E-state index contributed by atoms with van der Waals surface area (Å²) in [6.45, 7) is 2.65. The topological polar surface area (TPSA) is 44.7 Å². The molecule has 0 unspecified atom stereocenters. The average molecular weight is 257 g/mol. The second-order valence-electron chi connectivity index (χ2n) is 4.34. The molecular formula is C12H17ClN2O2. The molecule has 0 bridgehead atoms. The van der Waals surface area contributed by atoms with Crippen LogP contribution in [-0.2, 0) is 6.54 Å². The van der Waals surface area contributed by atoms with E-state index in [1.807, 2.05) is 7.05 Å². The third kappa shape index (κ3) is 2.65. The Morgan fingerprint density at radius 2 is 2.24 bits per heavy atom. The van der Waals surface area contributed by atoms with Crippen LogP contribution in [0.15, 0.2) is 12.1 Å². The Labute approximate surface area is 106 Å². The molecule has 0 aromatic heterocycles. The second-order valence-corrected chi connectivity index (χ2v) is 4.78. The first-order chi connectivity index (χ1) is 8.11. The second kappa shape index (κ2) is 5.12. The SMILES string of the molecule is COc1cc(Cl)cc(CN(C)C2CNC2)c1O. The zero-order valence-corrected chi connectivity index (χ0v) is 10.8. The lowest BCUT2D eigenvalue weighted by Crippen LogP contribution is -2.55. The fraction of sp³-hybridized carbons (Fsp3) is 0.500. The molecule has 1 saturated heterocycles. The first kappa shape index (κ1) is 12.5. The fourth-order valence-electron chi connectivity index (χ4n) is 1.89. The van der Waals surface area contributed by atoms with Crippen molar-refractivity contribution in [1.29, 1.82) is 0 Å². The minimum atomic E-state index is 0.177. The molecule has 2 rings (SSSR count). The van der Waals surface area contributed by atoms with Gasteiger partial charge in [0, 0.05) is 42.3 Å². The first-order valence-electron chi connectivity index (χ1n) is 5.58. The predicted molar refractivity (Wildman–Crippen MR) is 67.8 cm³/mol. The number of aromatic hydroxyl groups is 1. The molecule has 1 heterocycles. The van der Waals surface area contributed by atoms with Gasteiger partial charge in [0.15, 0.2) is 11.5 Å². The normalized spacial score (nSPS) is 16.0. The number of likely N-dealkylation sites (N-methyl/N-ethyl adjacent to an activating group) is 1. The quantitative estimate of drug-likeness (QED) is 0.856. The Kier molecular flexibility index (Phi) is 3.76. The highest BCUT2D eigenvalue weighted by Crippen LogP contribution is 2.34. The number of rotatable bonds is 4. The van der Waals surface area contributed by atoms with Crippen LogP contribution in [0.3, 0.4) is 0 Å². The Morgan fingerprint density at radius 1 is 1.53 bits per heavy atom. The van der Waals surface area contributed by atoms with E-state index >= 15 is 0 Å². The summed E-state index contributed by atoms with van der Waals surface area (Å²) in [5.74, 6) is 0.601. The van der Waals surface area contributed by atoms with Gasteiger partial charge in [0.1, 0.15) is 0 Å². The van der Waals surface area contributed by atoms with Gasteiger partial charge in [-0.05, 0) is 13.1 Å². The van der Waals surface area contributed by atoms with Crippen LogP contribution < -0.4 is 10.1 Å². The van der Waals surface area contributed by atoms with E-state index in [0.717, 1.165) is 18.7 Å². The number of nitrogens with zero attached hydrogens (tertiary/aromatic N) is 1. The molecule has 1 aliphatic heterocycles. The standard InChI is InChI=1S/C12H17ClN2O2/c1-15(10-5-14-6-10)7-8-3-9(13)4-11(17-2)12(8)16/h3-4,10,14,16H,5-7H2,1-2H3. The van der Waals surface area contributed by atoms with Gasteiger partial charge < -0.3 is 15.2 Å². The smallest absolute Gasteiger partial charge is 0.162 e. The molecular weight excluding hydrogens is 240 g/mol. The molecule has 1 aromatic carbocycles. The summed E-state index contributed by atoms with van der Waals surface area (Å²) in [6, 6.07) is 3.92. The Bertz CT molecular complexity index is 408. The van der Waals surface area contributed by atoms with Gasteiger partial charge in [0.25, 0.3) is 0 Å². The van der Waals surface area contributed by atoms with Crippen LogP contribution in [0, 0.1) is 0 Å². The van der Waals surface area contributed by atoms with Crippen LogP contribution in [0.2, 0.25) is 5.02 Å². The lowest BCUT2D eigenvalue weighted by Gasteiger charge is -2.35. The van der Waals surface area contributed by atoms with Crippen LogP contribution in [-0.4, -0.2) is 43.3 Å². The molecule has 2 N–H and O–H groups in total. The number of benzene rings is 1. The summed E-state index contributed by atoms with van der Waals surface area (Å²) in [5.41, 5.74) is 0.795. The Balaban J connectivity index is 2.16. The van der Waals surface area contributed by atoms with Crippen molar-refractivity contribution in [3.8, 4) is 11.5 Å². The summed E-state index contributed by atoms with van der Waals surface area (Å²) in [7, 11) is 3.56. The third-order valence-electron chi connectivity index (χ3n) is 3.14. The van der Waals surface area contributed by atoms with Crippen molar-refractivity contribution >= 4 is 11.6 Å². The van der Waals surface area contributed by atoms with Crippen LogP contribution in [0.1, 0.15) is 5.56 Å². The van der Waals surface area contributed by atoms with Crippen molar-refractivity contribution in [2.45, 2.75) is 12.6 Å². The van der Waals surface area contributed by atoms with E-state index in [9.17, 15) is 5.11 Å². The summed E-state index contributed by atoms with van der Waals surface area (Å²) in [4.78, 5) is 2.20. The van der Waals surface area contributed by atoms with Crippen LogP contribution in [0.4, 0.5) is 0 Å². The number of phenols is 1. The summed E-state index contributed by atoms with van der Waals surface area (Å²) >= 11 is 5.99. The van der Waals surface area contributed by atoms with Crippen LogP contribution in [0.25, 0.3) is 0 Å². The molecule has 1 aromatic rings. The number of ether oxygens (including phenoxy) is 1. The van der Waals surface area contributed by atoms with E-state index in [4.69, 9.17) is 16.3 Å². The third-order valence-corrected chi connectivity index (χ3v) is 3.36. The number of methoxy groups -OCH3 is 1. The maximum absolute atomic E-state index is 10.0. The lowest BCUT2D eigenvalue weighted by molar-refractivity contribution is 0.171. The lowest BCUT2D eigenvalue weighted by atomic mass is 10.1. The summed E-state index contributed by atoms with van der Waals surface area (Å²) < 4.78 is 5.08. The van der Waals surface area contributed by atoms with Gasteiger partial charge in [0.05, 0.1) is 7.11 Å². The van der Waals surface area contributed by atoms with Crippen molar-refractivity contribution in [3.05, 3.63) is 22.7 Å². The minimum Gasteiger partial charge on any atom is -0.504 e. The Morgan fingerprint density at radius 3 is 2.76 bits per heavy atom. The van der Waals surface area contributed by atoms with Crippen molar-refractivity contribution in [1.82, 2.24) is 10.2 Å². The fourth-order valence-corrected chi connectivity index (χ4v) is 2.12. The van der Waals surface area contributed by atoms with Crippen molar-refractivity contribution in [2.75, 3.05) is 27.2 Å². The van der Waals surface area contributed by atoms with E-state index in [1.54, 1.807) is 12.1 Å². The molecule has 17 heavy (non-hydrogen) atoms. The molecule has 0 spiro atoms. The molecule has 4 nitrogen and oxygen atoms in total. The van der Waals surface area contributed by atoms with Gasteiger partial charge in [-0.25, -0.2) is 0 Å². The monoisotopic (exact) mass is 256 g/mol. The molecule has 0 amide bonds. The largest absolute Gasteiger partial charge is 0.504 e. The summed E-state index contributed by atoms with van der Waals surface area (Å²) in [5, 5.41) is 13.8. The van der Waals surface area contributed by atoms with Gasteiger partial charge in [-0.1, -0.05) is 11.6 Å². The molecule has 0 atom stereocenters. The van der Waals surface area contributed by atoms with Gasteiger partial charge in [-0.2, -0.15) is 0 Å². The van der Waals surface area contributed by atoms with Crippen molar-refractivity contribution in [3.63, 3.8) is 0 Å². The molecule has 1 fully saturated rings. The number of nitrogens with one attached hydrogen (secondary N) is 1. The first-order valence-corrected chi connectivity index (χ1v) is 5.96. The molecule has 0 saturated carbocycles. The van der Waals surface area contributed by atoms with Crippen LogP contribution >= 0.6 is 11.6 Å². The van der Waals surface area contributed by atoms with Gasteiger partial charge in [-0.15, -0.1) is 0 Å². The number of phenolic OH excluding ortho intramolecular Hbond substituents is 1. The minimum absolute atomic E-state index is 0.177. The van der Waals surface area contributed by atoms with Crippen molar-refractivity contribution in [2.24, 2.45) is 0 Å². The van der Waals surface area contributed by atoms with Crippen LogP contribution in [0.5, 0.6) is 11.5 Å². The zero-order valence-electron chi connectivity index (χ0n) is 10.0.